The van der Waals surface area contributed by atoms with Crippen LogP contribution in [0.4, 0.5) is 4.79 Å². The highest BCUT2D eigenvalue weighted by atomic mass is 35.5. The zero-order valence-electron chi connectivity index (χ0n) is 11.9. The summed E-state index contributed by atoms with van der Waals surface area (Å²) >= 11 is 8.16. The maximum atomic E-state index is 12.1. The maximum absolute atomic E-state index is 12.1. The Kier molecular flexibility index (Phi) is 5.61. The third-order valence-electron chi connectivity index (χ3n) is 3.29. The highest BCUT2D eigenvalue weighted by Crippen LogP contribution is 2.37. The molecule has 0 bridgehead atoms. The van der Waals surface area contributed by atoms with Gasteiger partial charge in [-0.15, -0.1) is 0 Å². The molecule has 0 saturated carbocycles. The number of nitrogens with one attached hydrogen (secondary N) is 1. The molecule has 20 heavy (non-hydrogen) atoms. The van der Waals surface area contributed by atoms with Gasteiger partial charge in [0.15, 0.2) is 0 Å². The van der Waals surface area contributed by atoms with Gasteiger partial charge in [-0.3, -0.25) is 0 Å². The molecule has 0 spiro atoms. The van der Waals surface area contributed by atoms with Crippen LogP contribution < -0.4 is 5.32 Å². The van der Waals surface area contributed by atoms with Crippen molar-refractivity contribution in [3.8, 4) is 0 Å². The molecular weight excluding hydrogens is 292 g/mol. The van der Waals surface area contributed by atoms with Gasteiger partial charge in [-0.05, 0) is 31.9 Å². The van der Waals surface area contributed by atoms with Gasteiger partial charge in [-0.25, -0.2) is 4.79 Å². The molecular formula is C15H21ClN2OS. The van der Waals surface area contributed by atoms with Gasteiger partial charge in [0.05, 0.1) is 0 Å². The number of nitrogens with zero attached hydrogens (tertiary/aromatic N) is 1. The summed E-state index contributed by atoms with van der Waals surface area (Å²) in [6, 6.07) is 8.22. The molecule has 110 valence electrons. The Morgan fingerprint density at radius 2 is 2.15 bits per heavy atom. The fourth-order valence-corrected chi connectivity index (χ4v) is 3.90. The van der Waals surface area contributed by atoms with Crippen molar-refractivity contribution in [2.75, 3.05) is 18.8 Å². The quantitative estimate of drug-likeness (QED) is 0.897. The molecule has 2 rings (SSSR count). The van der Waals surface area contributed by atoms with Crippen molar-refractivity contribution < 1.29 is 4.79 Å². The molecule has 1 fully saturated rings. The summed E-state index contributed by atoms with van der Waals surface area (Å²) in [7, 11) is 0. The number of urea groups is 1. The Morgan fingerprint density at radius 3 is 2.85 bits per heavy atom. The Balaban J connectivity index is 1.99. The fraction of sp³-hybridized carbons (Fsp3) is 0.533. The summed E-state index contributed by atoms with van der Waals surface area (Å²) in [6.45, 7) is 5.54. The smallest absolute Gasteiger partial charge is 0.317 e. The molecule has 0 radical (unpaired) electrons. The Bertz CT molecular complexity index is 467. The second-order valence-electron chi connectivity index (χ2n) is 5.26. The molecule has 1 aliphatic rings. The number of carbonyl (C=O) groups excluding carboxylic acids is 1. The van der Waals surface area contributed by atoms with E-state index in [1.54, 1.807) is 0 Å². The molecule has 0 aromatic heterocycles. The van der Waals surface area contributed by atoms with Crippen LogP contribution in [0.25, 0.3) is 0 Å². The monoisotopic (exact) mass is 312 g/mol. The number of benzene rings is 1. The molecule has 1 aromatic rings. The van der Waals surface area contributed by atoms with Crippen LogP contribution in [0.3, 0.4) is 0 Å². The second kappa shape index (κ2) is 7.23. The predicted molar refractivity (Wildman–Crippen MR) is 86.5 cm³/mol. The highest BCUT2D eigenvalue weighted by molar-refractivity contribution is 7.99. The van der Waals surface area contributed by atoms with Crippen molar-refractivity contribution >= 4 is 29.4 Å². The van der Waals surface area contributed by atoms with Gasteiger partial charge in [0.2, 0.25) is 0 Å². The second-order valence-corrected chi connectivity index (χ2v) is 6.98. The first-order chi connectivity index (χ1) is 9.58. The normalized spacial score (nSPS) is 19.8. The van der Waals surface area contributed by atoms with E-state index in [9.17, 15) is 4.79 Å². The largest absolute Gasteiger partial charge is 0.336 e. The number of hydrogen-bond acceptors (Lipinski definition) is 2. The molecule has 2 amide bonds. The molecule has 1 aromatic carbocycles. The van der Waals surface area contributed by atoms with Crippen molar-refractivity contribution in [1.29, 1.82) is 0 Å². The average molecular weight is 313 g/mol. The van der Waals surface area contributed by atoms with Crippen molar-refractivity contribution in [2.45, 2.75) is 31.6 Å². The summed E-state index contributed by atoms with van der Waals surface area (Å²) in [6.07, 6.45) is 0.944. The first kappa shape index (κ1) is 15.5. The maximum Gasteiger partial charge on any atom is 0.317 e. The molecule has 1 N–H and O–H groups in total. The minimum atomic E-state index is 0.0420. The van der Waals surface area contributed by atoms with E-state index >= 15 is 0 Å². The van der Waals surface area contributed by atoms with Gasteiger partial charge >= 0.3 is 6.03 Å². The summed E-state index contributed by atoms with van der Waals surface area (Å²) in [5.41, 5.74) is 1.19. The molecule has 1 saturated heterocycles. The van der Waals surface area contributed by atoms with Gasteiger partial charge in [-0.2, -0.15) is 11.8 Å². The predicted octanol–water partition coefficient (Wildman–Crippen LogP) is 3.94. The highest BCUT2D eigenvalue weighted by Gasteiger charge is 2.23. The van der Waals surface area contributed by atoms with Crippen LogP contribution in [0.15, 0.2) is 24.3 Å². The molecule has 3 nitrogen and oxygen atoms in total. The zero-order chi connectivity index (χ0) is 14.5. The number of thioether (sulfide) groups is 1. The number of amides is 2. The topological polar surface area (TPSA) is 32.3 Å². The lowest BCUT2D eigenvalue weighted by Gasteiger charge is -2.22. The van der Waals surface area contributed by atoms with Crippen LogP contribution in [0, 0.1) is 0 Å². The van der Waals surface area contributed by atoms with Crippen LogP contribution in [-0.2, 0) is 0 Å². The minimum absolute atomic E-state index is 0.0420. The third kappa shape index (κ3) is 4.06. The van der Waals surface area contributed by atoms with E-state index in [-0.39, 0.29) is 12.1 Å². The van der Waals surface area contributed by atoms with Crippen molar-refractivity contribution in [2.24, 2.45) is 0 Å². The van der Waals surface area contributed by atoms with E-state index in [1.165, 1.54) is 5.56 Å². The van der Waals surface area contributed by atoms with Crippen LogP contribution in [0.2, 0.25) is 5.02 Å². The van der Waals surface area contributed by atoms with Crippen LogP contribution in [0.5, 0.6) is 0 Å². The number of hydrogen-bond donors (Lipinski definition) is 1. The third-order valence-corrected chi connectivity index (χ3v) is 4.95. The fourth-order valence-electron chi connectivity index (χ4n) is 2.30. The first-order valence-electron chi connectivity index (χ1n) is 6.99. The molecule has 5 heteroatoms. The van der Waals surface area contributed by atoms with Crippen LogP contribution in [-0.4, -0.2) is 35.8 Å². The van der Waals surface area contributed by atoms with Gasteiger partial charge in [0.1, 0.15) is 0 Å². The Labute approximate surface area is 130 Å². The lowest BCUT2D eigenvalue weighted by molar-refractivity contribution is 0.198. The standard InChI is InChI=1S/C15H21ClN2OS/c1-11(2)17-15(19)18-8-7-14(20-10-9-18)12-5-3-4-6-13(12)16/h3-6,11,14H,7-10H2,1-2H3,(H,17,19). The Hall–Kier alpha value is -0.870. The van der Waals surface area contributed by atoms with E-state index in [4.69, 9.17) is 11.6 Å². The zero-order valence-corrected chi connectivity index (χ0v) is 13.5. The summed E-state index contributed by atoms with van der Waals surface area (Å²) in [4.78, 5) is 14.0. The van der Waals surface area contributed by atoms with Crippen molar-refractivity contribution in [3.63, 3.8) is 0 Å². The number of halogens is 1. The SMILES string of the molecule is CC(C)NC(=O)N1CCSC(c2ccccc2Cl)CC1. The van der Waals surface area contributed by atoms with Crippen molar-refractivity contribution in [1.82, 2.24) is 10.2 Å². The van der Waals surface area contributed by atoms with Gasteiger partial charge in [0.25, 0.3) is 0 Å². The van der Waals surface area contributed by atoms with E-state index in [0.717, 1.165) is 30.3 Å². The molecule has 1 atom stereocenters. The molecule has 0 aliphatic carbocycles. The lowest BCUT2D eigenvalue weighted by Crippen LogP contribution is -2.43. The van der Waals surface area contributed by atoms with Gasteiger partial charge in [0, 0.05) is 35.2 Å². The molecule has 1 aliphatic heterocycles. The summed E-state index contributed by atoms with van der Waals surface area (Å²) in [5.74, 6) is 0.946. The summed E-state index contributed by atoms with van der Waals surface area (Å²) < 4.78 is 0. The first-order valence-corrected chi connectivity index (χ1v) is 8.42. The van der Waals surface area contributed by atoms with Gasteiger partial charge in [-0.1, -0.05) is 29.8 Å². The summed E-state index contributed by atoms with van der Waals surface area (Å²) in [5, 5.41) is 4.16. The van der Waals surface area contributed by atoms with E-state index in [1.807, 2.05) is 48.7 Å². The Morgan fingerprint density at radius 1 is 1.40 bits per heavy atom. The number of rotatable bonds is 2. The van der Waals surface area contributed by atoms with E-state index < -0.39 is 0 Å². The van der Waals surface area contributed by atoms with Crippen molar-refractivity contribution in [3.05, 3.63) is 34.9 Å². The average Bonchev–Trinajstić information content (AvgIpc) is 2.64. The molecule has 1 unspecified atom stereocenters. The van der Waals surface area contributed by atoms with E-state index in [2.05, 4.69) is 11.4 Å². The van der Waals surface area contributed by atoms with Crippen LogP contribution in [0.1, 0.15) is 31.1 Å². The lowest BCUT2D eigenvalue weighted by atomic mass is 10.1. The van der Waals surface area contributed by atoms with Gasteiger partial charge < -0.3 is 10.2 Å². The molecule has 1 heterocycles. The van der Waals surface area contributed by atoms with Crippen LogP contribution >= 0.6 is 23.4 Å². The van der Waals surface area contributed by atoms with E-state index in [0.29, 0.717) is 5.25 Å². The number of carbonyl (C=O) groups is 1. The minimum Gasteiger partial charge on any atom is -0.336 e.